The SMILES string of the molecule is C=C1CCCCN(Cc2cccc(C)c2)C(=C)/C1=C(/C)c1ccccc1C. The summed E-state index contributed by atoms with van der Waals surface area (Å²) in [6, 6.07) is 17.4. The lowest BCUT2D eigenvalue weighted by Crippen LogP contribution is -2.26. The van der Waals surface area contributed by atoms with Crippen LogP contribution in [0.3, 0.4) is 0 Å². The van der Waals surface area contributed by atoms with Gasteiger partial charge in [-0.15, -0.1) is 0 Å². The van der Waals surface area contributed by atoms with Gasteiger partial charge in [-0.25, -0.2) is 0 Å². The molecule has 140 valence electrons. The van der Waals surface area contributed by atoms with E-state index < -0.39 is 0 Å². The molecule has 3 rings (SSSR count). The highest BCUT2D eigenvalue weighted by molar-refractivity contribution is 5.76. The average molecular weight is 358 g/mol. The Balaban J connectivity index is 2.00. The van der Waals surface area contributed by atoms with Crippen molar-refractivity contribution < 1.29 is 0 Å². The topological polar surface area (TPSA) is 3.24 Å². The zero-order valence-electron chi connectivity index (χ0n) is 17.0. The van der Waals surface area contributed by atoms with Gasteiger partial charge < -0.3 is 4.90 Å². The Hall–Kier alpha value is -2.54. The molecule has 27 heavy (non-hydrogen) atoms. The monoisotopic (exact) mass is 357 g/mol. The van der Waals surface area contributed by atoms with Crippen LogP contribution in [0.4, 0.5) is 0 Å². The third kappa shape index (κ3) is 4.42. The van der Waals surface area contributed by atoms with Crippen molar-refractivity contribution in [2.24, 2.45) is 0 Å². The second-order valence-electron chi connectivity index (χ2n) is 7.73. The minimum Gasteiger partial charge on any atom is -0.367 e. The van der Waals surface area contributed by atoms with Crippen molar-refractivity contribution in [1.29, 1.82) is 0 Å². The Kier molecular flexibility index (Phi) is 6.01. The number of hydrogen-bond acceptors (Lipinski definition) is 1. The fourth-order valence-electron chi connectivity index (χ4n) is 4.08. The predicted molar refractivity (Wildman–Crippen MR) is 117 cm³/mol. The molecule has 2 aromatic rings. The van der Waals surface area contributed by atoms with Crippen LogP contribution in [0.5, 0.6) is 0 Å². The van der Waals surface area contributed by atoms with E-state index in [0.717, 1.165) is 25.2 Å². The first kappa shape index (κ1) is 19.2. The second kappa shape index (κ2) is 8.43. The van der Waals surface area contributed by atoms with Crippen molar-refractivity contribution in [2.75, 3.05) is 6.54 Å². The van der Waals surface area contributed by atoms with E-state index in [4.69, 9.17) is 0 Å². The predicted octanol–water partition coefficient (Wildman–Crippen LogP) is 6.83. The van der Waals surface area contributed by atoms with Gasteiger partial charge in [0.1, 0.15) is 0 Å². The van der Waals surface area contributed by atoms with Crippen LogP contribution in [0, 0.1) is 13.8 Å². The number of allylic oxidation sites excluding steroid dienone is 2. The summed E-state index contributed by atoms with van der Waals surface area (Å²) in [5.41, 5.74) is 10.1. The normalized spacial score (nSPS) is 17.5. The van der Waals surface area contributed by atoms with Gasteiger partial charge in [0.25, 0.3) is 0 Å². The van der Waals surface area contributed by atoms with Crippen molar-refractivity contribution in [3.05, 3.63) is 101 Å². The molecule has 1 aliphatic heterocycles. The standard InChI is InChI=1S/C26H31N/c1-19-11-10-14-24(17-19)18-27-16-9-8-13-21(3)26(23(27)5)22(4)25-15-7-6-12-20(25)2/h6-7,10-12,14-15,17H,3,5,8-9,13,16,18H2,1-2,4H3/b26-22-. The van der Waals surface area contributed by atoms with Gasteiger partial charge in [0, 0.05) is 24.4 Å². The Bertz CT molecular complexity index is 885. The molecule has 1 saturated heterocycles. The number of rotatable bonds is 3. The van der Waals surface area contributed by atoms with Crippen molar-refractivity contribution in [3.63, 3.8) is 0 Å². The van der Waals surface area contributed by atoms with Gasteiger partial charge in [-0.3, -0.25) is 0 Å². The van der Waals surface area contributed by atoms with Crippen molar-refractivity contribution >= 4 is 5.57 Å². The molecular formula is C26H31N. The molecule has 0 aliphatic carbocycles. The van der Waals surface area contributed by atoms with Crippen LogP contribution in [0.15, 0.2) is 78.5 Å². The average Bonchev–Trinajstić information content (AvgIpc) is 2.63. The van der Waals surface area contributed by atoms with Crippen LogP contribution in [-0.4, -0.2) is 11.4 Å². The Morgan fingerprint density at radius 2 is 1.78 bits per heavy atom. The van der Waals surface area contributed by atoms with Crippen LogP contribution in [0.2, 0.25) is 0 Å². The number of nitrogens with zero attached hydrogens (tertiary/aromatic N) is 1. The summed E-state index contributed by atoms with van der Waals surface area (Å²) in [6.07, 6.45) is 3.41. The quantitative estimate of drug-likeness (QED) is 0.581. The van der Waals surface area contributed by atoms with Crippen LogP contribution in [0.1, 0.15) is 48.4 Å². The molecule has 0 aromatic heterocycles. The molecule has 0 unspecified atom stereocenters. The highest BCUT2D eigenvalue weighted by Crippen LogP contribution is 2.35. The van der Waals surface area contributed by atoms with E-state index in [1.54, 1.807) is 0 Å². The van der Waals surface area contributed by atoms with E-state index in [-0.39, 0.29) is 0 Å². The Labute approximate surface area is 164 Å². The van der Waals surface area contributed by atoms with E-state index in [9.17, 15) is 0 Å². The number of aryl methyl sites for hydroxylation is 2. The van der Waals surface area contributed by atoms with Gasteiger partial charge in [0.05, 0.1) is 0 Å². The van der Waals surface area contributed by atoms with Crippen molar-refractivity contribution in [1.82, 2.24) is 4.90 Å². The fraction of sp³-hybridized carbons (Fsp3) is 0.308. The molecule has 1 aliphatic rings. The van der Waals surface area contributed by atoms with Crippen molar-refractivity contribution in [2.45, 2.75) is 46.6 Å². The maximum atomic E-state index is 4.53. The number of benzene rings is 2. The lowest BCUT2D eigenvalue weighted by molar-refractivity contribution is 0.330. The van der Waals surface area contributed by atoms with Gasteiger partial charge >= 0.3 is 0 Å². The van der Waals surface area contributed by atoms with E-state index >= 15 is 0 Å². The van der Waals surface area contributed by atoms with Crippen LogP contribution < -0.4 is 0 Å². The van der Waals surface area contributed by atoms with Gasteiger partial charge in [-0.2, -0.15) is 0 Å². The van der Waals surface area contributed by atoms with Crippen LogP contribution >= 0.6 is 0 Å². The van der Waals surface area contributed by atoms with E-state index in [1.165, 1.54) is 51.8 Å². The minimum atomic E-state index is 0.901. The second-order valence-corrected chi connectivity index (χ2v) is 7.73. The fourth-order valence-corrected chi connectivity index (χ4v) is 4.08. The molecule has 0 atom stereocenters. The molecule has 2 aromatic carbocycles. The summed E-state index contributed by atoms with van der Waals surface area (Å²) in [5, 5.41) is 0. The zero-order chi connectivity index (χ0) is 19.4. The minimum absolute atomic E-state index is 0.901. The third-order valence-electron chi connectivity index (χ3n) is 5.56. The van der Waals surface area contributed by atoms with E-state index in [2.05, 4.69) is 87.4 Å². The molecule has 0 spiro atoms. The van der Waals surface area contributed by atoms with Gasteiger partial charge in [-0.1, -0.05) is 67.3 Å². The molecule has 0 N–H and O–H groups in total. The first-order valence-corrected chi connectivity index (χ1v) is 9.92. The molecule has 1 nitrogen and oxygen atoms in total. The summed E-state index contributed by atoms with van der Waals surface area (Å²) in [4.78, 5) is 2.44. The molecule has 1 heterocycles. The molecule has 1 heteroatoms. The van der Waals surface area contributed by atoms with Crippen LogP contribution in [-0.2, 0) is 6.54 Å². The molecule has 0 amide bonds. The van der Waals surface area contributed by atoms with Gasteiger partial charge in [-0.05, 0) is 67.9 Å². The van der Waals surface area contributed by atoms with E-state index in [0.29, 0.717) is 0 Å². The molecule has 1 fully saturated rings. The molecule has 0 saturated carbocycles. The summed E-state index contributed by atoms with van der Waals surface area (Å²) < 4.78 is 0. The molecular weight excluding hydrogens is 326 g/mol. The first-order valence-electron chi connectivity index (χ1n) is 9.92. The molecule has 0 bridgehead atoms. The maximum absolute atomic E-state index is 4.53. The van der Waals surface area contributed by atoms with Crippen LogP contribution in [0.25, 0.3) is 5.57 Å². The van der Waals surface area contributed by atoms with Crippen molar-refractivity contribution in [3.8, 4) is 0 Å². The molecule has 0 radical (unpaired) electrons. The van der Waals surface area contributed by atoms with Gasteiger partial charge in [0.15, 0.2) is 0 Å². The van der Waals surface area contributed by atoms with E-state index in [1.807, 2.05) is 0 Å². The largest absolute Gasteiger partial charge is 0.367 e. The smallest absolute Gasteiger partial charge is 0.0429 e. The summed E-state index contributed by atoms with van der Waals surface area (Å²) >= 11 is 0. The highest BCUT2D eigenvalue weighted by Gasteiger charge is 2.21. The lowest BCUT2D eigenvalue weighted by Gasteiger charge is -2.33. The third-order valence-corrected chi connectivity index (χ3v) is 5.56. The maximum Gasteiger partial charge on any atom is 0.0429 e. The Morgan fingerprint density at radius 1 is 1.00 bits per heavy atom. The summed E-state index contributed by atoms with van der Waals surface area (Å²) in [6.45, 7) is 17.5. The zero-order valence-corrected chi connectivity index (χ0v) is 17.0. The highest BCUT2D eigenvalue weighted by atomic mass is 15.1. The number of likely N-dealkylation sites (tertiary alicyclic amines) is 1. The first-order chi connectivity index (χ1) is 13.0. The van der Waals surface area contributed by atoms with Gasteiger partial charge in [0.2, 0.25) is 0 Å². The summed E-state index contributed by atoms with van der Waals surface area (Å²) in [7, 11) is 0. The lowest BCUT2D eigenvalue weighted by atomic mass is 9.88. The number of hydrogen-bond donors (Lipinski definition) is 0. The summed E-state index contributed by atoms with van der Waals surface area (Å²) in [5.74, 6) is 0. The Morgan fingerprint density at radius 3 is 2.52 bits per heavy atom.